The van der Waals surface area contributed by atoms with Crippen molar-refractivity contribution in [2.45, 2.75) is 0 Å². The number of methoxy groups -OCH3 is 2. The van der Waals surface area contributed by atoms with Crippen molar-refractivity contribution < 1.29 is 18.7 Å². The number of ether oxygens (including phenoxy) is 2. The zero-order valence-corrected chi connectivity index (χ0v) is 14.5. The predicted octanol–water partition coefficient (Wildman–Crippen LogP) is 4.76. The number of carbonyl (C=O) groups is 1. The molecule has 0 saturated carbocycles. The fourth-order valence-electron chi connectivity index (χ4n) is 2.36. The van der Waals surface area contributed by atoms with Gasteiger partial charge in [0.1, 0.15) is 11.5 Å². The molecule has 128 valence electrons. The highest BCUT2D eigenvalue weighted by Gasteiger charge is 2.09. The Morgan fingerprint density at radius 3 is 2.56 bits per heavy atom. The minimum absolute atomic E-state index is 0.268. The van der Waals surface area contributed by atoms with Crippen LogP contribution in [0, 0.1) is 0 Å². The maximum absolute atomic E-state index is 12.0. The molecule has 0 fully saturated rings. The van der Waals surface area contributed by atoms with Gasteiger partial charge in [-0.05, 0) is 42.5 Å². The number of halogens is 1. The van der Waals surface area contributed by atoms with E-state index in [0.29, 0.717) is 27.8 Å². The van der Waals surface area contributed by atoms with Crippen LogP contribution in [0.25, 0.3) is 17.0 Å². The lowest BCUT2D eigenvalue weighted by atomic mass is 10.2. The summed E-state index contributed by atoms with van der Waals surface area (Å²) in [5.74, 6) is 1.53. The fourth-order valence-corrected chi connectivity index (χ4v) is 2.57. The summed E-state index contributed by atoms with van der Waals surface area (Å²) >= 11 is 6.04. The van der Waals surface area contributed by atoms with Crippen LogP contribution in [0.4, 0.5) is 5.69 Å². The highest BCUT2D eigenvalue weighted by atomic mass is 35.5. The number of anilines is 1. The van der Waals surface area contributed by atoms with Crippen LogP contribution in [0.3, 0.4) is 0 Å². The van der Waals surface area contributed by atoms with Crippen molar-refractivity contribution in [1.82, 2.24) is 0 Å². The van der Waals surface area contributed by atoms with E-state index in [-0.39, 0.29) is 5.91 Å². The quantitative estimate of drug-likeness (QED) is 0.669. The summed E-state index contributed by atoms with van der Waals surface area (Å²) in [6.45, 7) is 0. The van der Waals surface area contributed by atoms with Gasteiger partial charge in [0.05, 0.1) is 14.2 Å². The summed E-state index contributed by atoms with van der Waals surface area (Å²) < 4.78 is 16.0. The molecule has 0 atom stereocenters. The number of nitrogens with one attached hydrogen (secondary N) is 1. The largest absolute Gasteiger partial charge is 0.497 e. The van der Waals surface area contributed by atoms with Crippen LogP contribution in [0.5, 0.6) is 11.5 Å². The Kier molecular flexibility index (Phi) is 4.95. The molecule has 0 spiro atoms. The second kappa shape index (κ2) is 7.32. The average Bonchev–Trinajstić information content (AvgIpc) is 3.02. The lowest BCUT2D eigenvalue weighted by molar-refractivity contribution is -0.111. The highest BCUT2D eigenvalue weighted by molar-refractivity contribution is 6.31. The van der Waals surface area contributed by atoms with Crippen molar-refractivity contribution in [3.8, 4) is 11.5 Å². The standard InChI is InChI=1S/C19H16ClNO4/c1-23-15-5-3-14(4-6-15)21-18(22)8-7-16-10-12-9-13(20)11-17(24-2)19(12)25-16/h3-11H,1-2H3,(H,21,22). The van der Waals surface area contributed by atoms with Gasteiger partial charge in [0, 0.05) is 28.2 Å². The minimum atomic E-state index is -0.268. The second-order valence-corrected chi connectivity index (χ2v) is 5.66. The predicted molar refractivity (Wildman–Crippen MR) is 98.4 cm³/mol. The van der Waals surface area contributed by atoms with Gasteiger partial charge in [-0.1, -0.05) is 11.6 Å². The van der Waals surface area contributed by atoms with E-state index in [1.807, 2.05) is 0 Å². The number of furan rings is 1. The third-order valence-electron chi connectivity index (χ3n) is 3.54. The molecule has 0 bridgehead atoms. The number of hydrogen-bond acceptors (Lipinski definition) is 4. The molecule has 0 aliphatic carbocycles. The van der Waals surface area contributed by atoms with Crippen LogP contribution in [0.1, 0.15) is 5.76 Å². The van der Waals surface area contributed by atoms with Gasteiger partial charge < -0.3 is 19.2 Å². The van der Waals surface area contributed by atoms with E-state index in [1.54, 1.807) is 62.8 Å². The third kappa shape index (κ3) is 3.95. The number of carbonyl (C=O) groups excluding carboxylic acids is 1. The fraction of sp³-hybridized carbons (Fsp3) is 0.105. The molecule has 2 aromatic carbocycles. The summed E-state index contributed by atoms with van der Waals surface area (Å²) in [6.07, 6.45) is 2.99. The molecule has 0 aliphatic rings. The van der Waals surface area contributed by atoms with Crippen molar-refractivity contribution in [3.63, 3.8) is 0 Å². The zero-order valence-electron chi connectivity index (χ0n) is 13.7. The zero-order chi connectivity index (χ0) is 17.8. The van der Waals surface area contributed by atoms with Gasteiger partial charge in [-0.25, -0.2) is 0 Å². The van der Waals surface area contributed by atoms with Crippen LogP contribution >= 0.6 is 11.6 Å². The molecule has 0 radical (unpaired) electrons. The monoisotopic (exact) mass is 357 g/mol. The minimum Gasteiger partial charge on any atom is -0.497 e. The molecular weight excluding hydrogens is 342 g/mol. The first kappa shape index (κ1) is 16.9. The van der Waals surface area contributed by atoms with Crippen molar-refractivity contribution in [1.29, 1.82) is 0 Å². The maximum atomic E-state index is 12.0. The molecule has 3 aromatic rings. The van der Waals surface area contributed by atoms with Gasteiger partial charge in [-0.2, -0.15) is 0 Å². The Hall–Kier alpha value is -2.92. The lowest BCUT2D eigenvalue weighted by Gasteiger charge is -2.03. The average molecular weight is 358 g/mol. The van der Waals surface area contributed by atoms with Gasteiger partial charge in [0.2, 0.25) is 5.91 Å². The van der Waals surface area contributed by atoms with Crippen LogP contribution in [-0.4, -0.2) is 20.1 Å². The number of fused-ring (bicyclic) bond motifs is 1. The van der Waals surface area contributed by atoms with E-state index < -0.39 is 0 Å². The highest BCUT2D eigenvalue weighted by Crippen LogP contribution is 2.32. The summed E-state index contributed by atoms with van der Waals surface area (Å²) in [6, 6.07) is 12.3. The molecule has 0 saturated heterocycles. The molecular formula is C19H16ClNO4. The normalized spacial score (nSPS) is 11.0. The van der Waals surface area contributed by atoms with Gasteiger partial charge >= 0.3 is 0 Å². The smallest absolute Gasteiger partial charge is 0.248 e. The molecule has 25 heavy (non-hydrogen) atoms. The topological polar surface area (TPSA) is 60.7 Å². The molecule has 1 N–H and O–H groups in total. The van der Waals surface area contributed by atoms with Crippen LogP contribution in [0.2, 0.25) is 5.02 Å². The molecule has 1 aromatic heterocycles. The van der Waals surface area contributed by atoms with Crippen molar-refractivity contribution in [2.24, 2.45) is 0 Å². The second-order valence-electron chi connectivity index (χ2n) is 5.23. The van der Waals surface area contributed by atoms with E-state index in [4.69, 9.17) is 25.5 Å². The van der Waals surface area contributed by atoms with Gasteiger partial charge in [-0.15, -0.1) is 0 Å². The van der Waals surface area contributed by atoms with Crippen molar-refractivity contribution in [3.05, 3.63) is 59.3 Å². The molecule has 3 rings (SSSR count). The van der Waals surface area contributed by atoms with Crippen LogP contribution < -0.4 is 14.8 Å². The summed E-state index contributed by atoms with van der Waals surface area (Å²) in [7, 11) is 3.14. The first-order valence-electron chi connectivity index (χ1n) is 7.49. The molecule has 5 nitrogen and oxygen atoms in total. The third-order valence-corrected chi connectivity index (χ3v) is 3.76. The Bertz CT molecular complexity index is 928. The number of hydrogen-bond donors (Lipinski definition) is 1. The maximum Gasteiger partial charge on any atom is 0.248 e. The van der Waals surface area contributed by atoms with E-state index in [1.165, 1.54) is 6.08 Å². The summed E-state index contributed by atoms with van der Waals surface area (Å²) in [5, 5.41) is 4.12. The Morgan fingerprint density at radius 1 is 1.12 bits per heavy atom. The first-order chi connectivity index (χ1) is 12.1. The van der Waals surface area contributed by atoms with Gasteiger partial charge in [-0.3, -0.25) is 4.79 Å². The van der Waals surface area contributed by atoms with Crippen molar-refractivity contribution >= 4 is 40.2 Å². The SMILES string of the molecule is COc1ccc(NC(=O)C=Cc2cc3cc(Cl)cc(OC)c3o2)cc1. The van der Waals surface area contributed by atoms with E-state index in [9.17, 15) is 4.79 Å². The van der Waals surface area contributed by atoms with E-state index in [2.05, 4.69) is 5.32 Å². The molecule has 6 heteroatoms. The van der Waals surface area contributed by atoms with Gasteiger partial charge in [0.15, 0.2) is 11.3 Å². The molecule has 1 amide bonds. The lowest BCUT2D eigenvalue weighted by Crippen LogP contribution is -2.07. The number of amides is 1. The molecule has 0 unspecified atom stereocenters. The first-order valence-corrected chi connectivity index (χ1v) is 7.87. The van der Waals surface area contributed by atoms with Crippen molar-refractivity contribution in [2.75, 3.05) is 19.5 Å². The summed E-state index contributed by atoms with van der Waals surface area (Å²) in [4.78, 5) is 12.0. The summed E-state index contributed by atoms with van der Waals surface area (Å²) in [5.41, 5.74) is 1.26. The van der Waals surface area contributed by atoms with Gasteiger partial charge in [0.25, 0.3) is 0 Å². The molecule has 0 aliphatic heterocycles. The molecule has 1 heterocycles. The Morgan fingerprint density at radius 2 is 1.88 bits per heavy atom. The van der Waals surface area contributed by atoms with E-state index in [0.717, 1.165) is 11.1 Å². The number of benzene rings is 2. The Balaban J connectivity index is 1.74. The Labute approximate surface area is 149 Å². The number of rotatable bonds is 5. The van der Waals surface area contributed by atoms with Crippen LogP contribution in [0.15, 0.2) is 53.0 Å². The van der Waals surface area contributed by atoms with E-state index >= 15 is 0 Å². The van der Waals surface area contributed by atoms with Crippen LogP contribution in [-0.2, 0) is 4.79 Å².